The van der Waals surface area contributed by atoms with Crippen LogP contribution in [0.4, 0.5) is 4.79 Å². The molecule has 1 aliphatic heterocycles. The fourth-order valence-corrected chi connectivity index (χ4v) is 5.45. The number of hydrogen-bond acceptors (Lipinski definition) is 3. The molecule has 1 fully saturated rings. The van der Waals surface area contributed by atoms with Gasteiger partial charge in [-0.25, -0.2) is 4.79 Å². The van der Waals surface area contributed by atoms with Crippen LogP contribution in [0.3, 0.4) is 0 Å². The monoisotopic (exact) mass is 636 g/mol. The lowest BCUT2D eigenvalue weighted by Gasteiger charge is -2.12. The van der Waals surface area contributed by atoms with E-state index in [2.05, 4.69) is 87.4 Å². The Balaban J connectivity index is 1.52. The van der Waals surface area contributed by atoms with Gasteiger partial charge in [0.25, 0.3) is 5.91 Å². The van der Waals surface area contributed by atoms with Crippen molar-refractivity contribution in [1.82, 2.24) is 10.2 Å². The first-order chi connectivity index (χ1) is 15.0. The summed E-state index contributed by atoms with van der Waals surface area (Å²) in [5, 5.41) is 5.00. The number of benzene rings is 3. The Labute approximate surface area is 207 Å². The molecule has 0 saturated carbocycles. The van der Waals surface area contributed by atoms with E-state index in [1.54, 1.807) is 6.08 Å². The van der Waals surface area contributed by atoms with E-state index in [1.807, 2.05) is 24.3 Å². The van der Waals surface area contributed by atoms with Crippen LogP contribution < -0.4 is 10.1 Å². The number of amides is 3. The number of imide groups is 1. The molecule has 1 N–H and O–H groups in total. The molecular weight excluding hydrogens is 618 g/mol. The number of nitrogens with one attached hydrogen (secondary N) is 1. The van der Waals surface area contributed by atoms with Crippen molar-refractivity contribution >= 4 is 74.0 Å². The van der Waals surface area contributed by atoms with Gasteiger partial charge in [0.1, 0.15) is 18.1 Å². The minimum atomic E-state index is -0.434. The highest BCUT2D eigenvalue weighted by atomic mass is 127. The lowest BCUT2D eigenvalue weighted by atomic mass is 10.1. The predicted octanol–water partition coefficient (Wildman–Crippen LogP) is 5.71. The molecule has 1 saturated heterocycles. The number of carbonyl (C=O) groups excluding carboxylic acids is 2. The second kappa shape index (κ2) is 9.39. The smallest absolute Gasteiger partial charge is 0.329 e. The molecule has 0 aromatic heterocycles. The van der Waals surface area contributed by atoms with E-state index in [0.717, 1.165) is 28.9 Å². The molecule has 0 radical (unpaired) electrons. The standard InChI is InChI=1S/C24H18I2N2O3/c1-2-9-28-23(29)21(27-24(28)30)13-16-11-19(25)22(20(26)12-16)31-14-15-7-8-17-5-3-4-6-18(17)10-15/h2-8,10-13H,1,9,14H2,(H,27,30)/b21-13+. The zero-order valence-electron chi connectivity index (χ0n) is 16.4. The molecule has 5 nitrogen and oxygen atoms in total. The van der Waals surface area contributed by atoms with Gasteiger partial charge in [-0.1, -0.05) is 42.5 Å². The van der Waals surface area contributed by atoms with Gasteiger partial charge in [-0.15, -0.1) is 6.58 Å². The van der Waals surface area contributed by atoms with Crippen LogP contribution in [0, 0.1) is 7.14 Å². The van der Waals surface area contributed by atoms with Crippen LogP contribution in [-0.4, -0.2) is 23.4 Å². The van der Waals surface area contributed by atoms with E-state index >= 15 is 0 Å². The fourth-order valence-electron chi connectivity index (χ4n) is 3.32. The summed E-state index contributed by atoms with van der Waals surface area (Å²) in [7, 11) is 0. The average Bonchev–Trinajstić information content (AvgIpc) is 3.00. The van der Waals surface area contributed by atoms with Crippen molar-refractivity contribution in [1.29, 1.82) is 0 Å². The zero-order chi connectivity index (χ0) is 22.0. The second-order valence-electron chi connectivity index (χ2n) is 6.98. The first-order valence-electron chi connectivity index (χ1n) is 9.51. The van der Waals surface area contributed by atoms with E-state index in [1.165, 1.54) is 16.8 Å². The Morgan fingerprint density at radius 1 is 1.00 bits per heavy atom. The molecule has 0 bridgehead atoms. The molecule has 1 heterocycles. The second-order valence-corrected chi connectivity index (χ2v) is 9.30. The Morgan fingerprint density at radius 3 is 2.42 bits per heavy atom. The summed E-state index contributed by atoms with van der Waals surface area (Å²) < 4.78 is 7.98. The number of rotatable bonds is 6. The number of nitrogens with zero attached hydrogens (tertiary/aromatic N) is 1. The van der Waals surface area contributed by atoms with Crippen molar-refractivity contribution in [2.24, 2.45) is 0 Å². The van der Waals surface area contributed by atoms with E-state index < -0.39 is 6.03 Å². The summed E-state index contributed by atoms with van der Waals surface area (Å²) in [5.74, 6) is 0.443. The lowest BCUT2D eigenvalue weighted by Crippen LogP contribution is -2.30. The van der Waals surface area contributed by atoms with Gasteiger partial charge in [0.05, 0.1) is 7.14 Å². The zero-order valence-corrected chi connectivity index (χ0v) is 20.7. The van der Waals surface area contributed by atoms with Crippen molar-refractivity contribution < 1.29 is 14.3 Å². The molecule has 1 aliphatic rings. The molecule has 0 unspecified atom stereocenters. The number of urea groups is 1. The largest absolute Gasteiger partial charge is 0.487 e. The minimum absolute atomic E-state index is 0.179. The first-order valence-corrected chi connectivity index (χ1v) is 11.7. The molecular formula is C24H18I2N2O3. The van der Waals surface area contributed by atoms with Crippen LogP contribution in [0.1, 0.15) is 11.1 Å². The summed E-state index contributed by atoms with van der Waals surface area (Å²) in [6, 6.07) is 18.0. The van der Waals surface area contributed by atoms with E-state index in [-0.39, 0.29) is 18.1 Å². The molecule has 156 valence electrons. The summed E-state index contributed by atoms with van der Waals surface area (Å²) >= 11 is 4.45. The van der Waals surface area contributed by atoms with Crippen molar-refractivity contribution in [3.63, 3.8) is 0 Å². The van der Waals surface area contributed by atoms with Crippen LogP contribution in [0.25, 0.3) is 16.8 Å². The topological polar surface area (TPSA) is 58.6 Å². The lowest BCUT2D eigenvalue weighted by molar-refractivity contribution is -0.122. The third-order valence-electron chi connectivity index (χ3n) is 4.80. The van der Waals surface area contributed by atoms with Gasteiger partial charge < -0.3 is 10.1 Å². The maximum absolute atomic E-state index is 12.4. The van der Waals surface area contributed by atoms with E-state index in [9.17, 15) is 9.59 Å². The van der Waals surface area contributed by atoms with Crippen LogP contribution in [0.5, 0.6) is 5.75 Å². The maximum Gasteiger partial charge on any atom is 0.329 e. The number of ether oxygens (including phenoxy) is 1. The Hall–Kier alpha value is -2.40. The molecule has 0 spiro atoms. The molecule has 0 atom stereocenters. The fraction of sp³-hybridized carbons (Fsp3) is 0.0833. The summed E-state index contributed by atoms with van der Waals surface area (Å²) in [6.45, 7) is 4.22. The Bertz CT molecular complexity index is 1210. The number of hydrogen-bond donors (Lipinski definition) is 1. The van der Waals surface area contributed by atoms with Gasteiger partial charge in [0.15, 0.2) is 0 Å². The van der Waals surface area contributed by atoms with Crippen LogP contribution >= 0.6 is 45.2 Å². The Morgan fingerprint density at radius 2 is 1.71 bits per heavy atom. The minimum Gasteiger partial charge on any atom is -0.487 e. The maximum atomic E-state index is 12.4. The summed E-state index contributed by atoms with van der Waals surface area (Å²) in [5.41, 5.74) is 2.16. The van der Waals surface area contributed by atoms with E-state index in [4.69, 9.17) is 4.74 Å². The highest BCUT2D eigenvalue weighted by molar-refractivity contribution is 14.1. The third-order valence-corrected chi connectivity index (χ3v) is 6.41. The van der Waals surface area contributed by atoms with Crippen molar-refractivity contribution in [3.8, 4) is 5.75 Å². The van der Waals surface area contributed by atoms with Crippen LogP contribution in [0.2, 0.25) is 0 Å². The average molecular weight is 636 g/mol. The quantitative estimate of drug-likeness (QED) is 0.164. The van der Waals surface area contributed by atoms with Gasteiger partial charge in [0.2, 0.25) is 0 Å². The van der Waals surface area contributed by atoms with Crippen molar-refractivity contribution in [2.75, 3.05) is 6.54 Å². The number of carbonyl (C=O) groups is 2. The Kier molecular flexibility index (Phi) is 6.61. The van der Waals surface area contributed by atoms with E-state index in [0.29, 0.717) is 6.61 Å². The van der Waals surface area contributed by atoms with Crippen LogP contribution in [-0.2, 0) is 11.4 Å². The predicted molar refractivity (Wildman–Crippen MR) is 139 cm³/mol. The van der Waals surface area contributed by atoms with Crippen molar-refractivity contribution in [3.05, 3.63) is 91.2 Å². The highest BCUT2D eigenvalue weighted by Gasteiger charge is 2.32. The van der Waals surface area contributed by atoms with Gasteiger partial charge in [-0.2, -0.15) is 0 Å². The molecule has 31 heavy (non-hydrogen) atoms. The number of halogens is 2. The third kappa shape index (κ3) is 4.77. The van der Waals surface area contributed by atoms with Crippen molar-refractivity contribution in [2.45, 2.75) is 6.61 Å². The summed E-state index contributed by atoms with van der Waals surface area (Å²) in [4.78, 5) is 25.5. The van der Waals surface area contributed by atoms with Gasteiger partial charge in [0, 0.05) is 6.54 Å². The first kappa shape index (κ1) is 21.8. The summed E-state index contributed by atoms with van der Waals surface area (Å²) in [6.07, 6.45) is 3.20. The molecule has 3 aromatic carbocycles. The van der Waals surface area contributed by atoms with Gasteiger partial charge in [-0.05, 0) is 91.4 Å². The SMILES string of the molecule is C=CCN1C(=O)N/C(=C/c2cc(I)c(OCc3ccc4ccccc4c3)c(I)c2)C1=O. The molecule has 4 rings (SSSR count). The molecule has 0 aliphatic carbocycles. The molecule has 3 aromatic rings. The normalized spacial score (nSPS) is 14.9. The van der Waals surface area contributed by atoms with Gasteiger partial charge >= 0.3 is 6.03 Å². The molecule has 3 amide bonds. The number of fused-ring (bicyclic) bond motifs is 1. The van der Waals surface area contributed by atoms with Crippen LogP contribution in [0.15, 0.2) is 72.9 Å². The van der Waals surface area contributed by atoms with Gasteiger partial charge in [-0.3, -0.25) is 9.69 Å². The molecule has 7 heteroatoms. The highest BCUT2D eigenvalue weighted by Crippen LogP contribution is 2.31.